The second-order valence-electron chi connectivity index (χ2n) is 5.29. The summed E-state index contributed by atoms with van der Waals surface area (Å²) in [4.78, 5) is 0. The molecule has 2 saturated heterocycles. The third kappa shape index (κ3) is 2.39. The minimum atomic E-state index is -0.349. The maximum atomic E-state index is 10.3. The first kappa shape index (κ1) is 12.7. The fourth-order valence-electron chi connectivity index (χ4n) is 3.14. The average Bonchev–Trinajstić information content (AvgIpc) is 2.96. The van der Waals surface area contributed by atoms with E-state index in [2.05, 4.69) is 0 Å². The van der Waals surface area contributed by atoms with Gasteiger partial charge in [-0.2, -0.15) is 0 Å². The zero-order valence-corrected chi connectivity index (χ0v) is 11.5. The Morgan fingerprint density at radius 1 is 1.28 bits per heavy atom. The van der Waals surface area contributed by atoms with Crippen molar-refractivity contribution in [3.05, 3.63) is 33.8 Å². The molecule has 2 nitrogen and oxygen atoms in total. The van der Waals surface area contributed by atoms with Crippen molar-refractivity contribution in [2.75, 3.05) is 0 Å². The first-order valence-corrected chi connectivity index (χ1v) is 7.16. The van der Waals surface area contributed by atoms with Gasteiger partial charge in [0.1, 0.15) is 0 Å². The predicted octanol–water partition coefficient (Wildman–Crippen LogP) is 3.46. The summed E-state index contributed by atoms with van der Waals surface area (Å²) in [6.07, 6.45) is 4.14. The van der Waals surface area contributed by atoms with Gasteiger partial charge < -0.3 is 9.84 Å². The van der Waals surface area contributed by atoms with Crippen LogP contribution in [0.5, 0.6) is 0 Å². The third-order valence-corrected chi connectivity index (χ3v) is 4.82. The van der Waals surface area contributed by atoms with Crippen molar-refractivity contribution < 1.29 is 9.84 Å². The molecular weight excluding hydrogens is 271 g/mol. The zero-order chi connectivity index (χ0) is 12.7. The number of halogens is 2. The SMILES string of the molecule is OC(Cc1ccc(Cl)c(Cl)c1)C1CC2CCC1O2. The van der Waals surface area contributed by atoms with Gasteiger partial charge in [0.2, 0.25) is 0 Å². The highest BCUT2D eigenvalue weighted by Crippen LogP contribution is 2.41. The van der Waals surface area contributed by atoms with Crippen LogP contribution in [0.4, 0.5) is 0 Å². The molecule has 2 bridgehead atoms. The van der Waals surface area contributed by atoms with E-state index in [1.54, 1.807) is 6.07 Å². The highest BCUT2D eigenvalue weighted by molar-refractivity contribution is 6.42. The lowest BCUT2D eigenvalue weighted by atomic mass is 9.83. The van der Waals surface area contributed by atoms with Gasteiger partial charge in [-0.1, -0.05) is 29.3 Å². The molecule has 4 unspecified atom stereocenters. The van der Waals surface area contributed by atoms with Crippen LogP contribution in [0, 0.1) is 5.92 Å². The molecule has 98 valence electrons. The molecule has 2 heterocycles. The van der Waals surface area contributed by atoms with E-state index in [0.717, 1.165) is 24.8 Å². The molecule has 0 radical (unpaired) electrons. The molecule has 4 atom stereocenters. The van der Waals surface area contributed by atoms with Gasteiger partial charge in [-0.25, -0.2) is 0 Å². The maximum absolute atomic E-state index is 10.3. The van der Waals surface area contributed by atoms with Crippen molar-refractivity contribution in [3.63, 3.8) is 0 Å². The van der Waals surface area contributed by atoms with Crippen molar-refractivity contribution in [2.24, 2.45) is 5.92 Å². The Bertz CT molecular complexity index is 449. The van der Waals surface area contributed by atoms with Crippen LogP contribution in [0.15, 0.2) is 18.2 Å². The average molecular weight is 287 g/mol. The van der Waals surface area contributed by atoms with Gasteiger partial charge in [-0.05, 0) is 43.4 Å². The summed E-state index contributed by atoms with van der Waals surface area (Å²) in [5, 5.41) is 11.4. The highest BCUT2D eigenvalue weighted by atomic mass is 35.5. The Kier molecular flexibility index (Phi) is 3.55. The van der Waals surface area contributed by atoms with Crippen molar-refractivity contribution in [2.45, 2.75) is 44.0 Å². The van der Waals surface area contributed by atoms with Crippen LogP contribution in [0.1, 0.15) is 24.8 Å². The van der Waals surface area contributed by atoms with Crippen molar-refractivity contribution in [1.82, 2.24) is 0 Å². The first-order chi connectivity index (χ1) is 8.63. The maximum Gasteiger partial charge on any atom is 0.0634 e. The lowest BCUT2D eigenvalue weighted by molar-refractivity contribution is 0.0432. The Balaban J connectivity index is 1.67. The second kappa shape index (κ2) is 5.01. The number of hydrogen-bond donors (Lipinski definition) is 1. The summed E-state index contributed by atoms with van der Waals surface area (Å²) in [6, 6.07) is 5.54. The molecule has 0 aromatic heterocycles. The summed E-state index contributed by atoms with van der Waals surface area (Å²) in [6.45, 7) is 0. The van der Waals surface area contributed by atoms with E-state index in [0.29, 0.717) is 22.6 Å². The van der Waals surface area contributed by atoms with Gasteiger partial charge in [-0.15, -0.1) is 0 Å². The van der Waals surface area contributed by atoms with E-state index >= 15 is 0 Å². The van der Waals surface area contributed by atoms with Crippen LogP contribution in [0.3, 0.4) is 0 Å². The number of aliphatic hydroxyl groups is 1. The molecule has 0 amide bonds. The summed E-state index contributed by atoms with van der Waals surface area (Å²) in [7, 11) is 0. The van der Waals surface area contributed by atoms with Gasteiger partial charge >= 0.3 is 0 Å². The van der Waals surface area contributed by atoms with Crippen molar-refractivity contribution in [1.29, 1.82) is 0 Å². The molecular formula is C14H16Cl2O2. The molecule has 0 aliphatic carbocycles. The molecule has 2 aliphatic rings. The van der Waals surface area contributed by atoms with E-state index < -0.39 is 0 Å². The molecule has 18 heavy (non-hydrogen) atoms. The molecule has 2 fully saturated rings. The van der Waals surface area contributed by atoms with Crippen molar-refractivity contribution in [3.8, 4) is 0 Å². The second-order valence-corrected chi connectivity index (χ2v) is 6.11. The molecule has 1 aromatic carbocycles. The lowest BCUT2D eigenvalue weighted by Crippen LogP contribution is -2.30. The summed E-state index contributed by atoms with van der Waals surface area (Å²) < 4.78 is 5.78. The van der Waals surface area contributed by atoms with E-state index in [9.17, 15) is 5.11 Å². The third-order valence-electron chi connectivity index (χ3n) is 4.08. The van der Waals surface area contributed by atoms with Crippen LogP contribution in [-0.4, -0.2) is 23.4 Å². The van der Waals surface area contributed by atoms with Crippen LogP contribution in [-0.2, 0) is 11.2 Å². The number of benzene rings is 1. The number of ether oxygens (including phenoxy) is 1. The standard InChI is InChI=1S/C14H16Cl2O2/c15-11-3-1-8(5-12(11)16)6-13(17)10-7-9-2-4-14(10)18-9/h1,3,5,9-10,13-14,17H,2,4,6-7H2. The molecule has 0 spiro atoms. The molecule has 2 aliphatic heterocycles. The fourth-order valence-corrected chi connectivity index (χ4v) is 3.46. The minimum absolute atomic E-state index is 0.257. The van der Waals surface area contributed by atoms with Crippen LogP contribution in [0.25, 0.3) is 0 Å². The van der Waals surface area contributed by atoms with Gasteiger partial charge in [0.15, 0.2) is 0 Å². The molecule has 1 N–H and O–H groups in total. The van der Waals surface area contributed by atoms with E-state index in [1.165, 1.54) is 0 Å². The predicted molar refractivity (Wildman–Crippen MR) is 72.2 cm³/mol. The van der Waals surface area contributed by atoms with Gasteiger partial charge in [0.25, 0.3) is 0 Å². The van der Waals surface area contributed by atoms with Crippen LogP contribution >= 0.6 is 23.2 Å². The summed E-state index contributed by atoms with van der Waals surface area (Å²) in [5.41, 5.74) is 1.03. The Morgan fingerprint density at radius 2 is 2.11 bits per heavy atom. The van der Waals surface area contributed by atoms with Gasteiger partial charge in [0.05, 0.1) is 28.4 Å². The largest absolute Gasteiger partial charge is 0.392 e. The molecule has 4 heteroatoms. The number of aliphatic hydroxyl groups excluding tert-OH is 1. The fraction of sp³-hybridized carbons (Fsp3) is 0.571. The molecule has 1 aromatic rings. The number of fused-ring (bicyclic) bond motifs is 2. The minimum Gasteiger partial charge on any atom is -0.392 e. The van der Waals surface area contributed by atoms with E-state index in [1.807, 2.05) is 12.1 Å². The zero-order valence-electron chi connectivity index (χ0n) is 9.98. The van der Waals surface area contributed by atoms with Crippen LogP contribution < -0.4 is 0 Å². The summed E-state index contributed by atoms with van der Waals surface area (Å²) >= 11 is 11.9. The quantitative estimate of drug-likeness (QED) is 0.922. The van der Waals surface area contributed by atoms with Crippen LogP contribution in [0.2, 0.25) is 10.0 Å². The topological polar surface area (TPSA) is 29.5 Å². The smallest absolute Gasteiger partial charge is 0.0634 e. The number of hydrogen-bond acceptors (Lipinski definition) is 2. The normalized spacial score (nSPS) is 31.8. The molecule has 0 saturated carbocycles. The van der Waals surface area contributed by atoms with Gasteiger partial charge in [-0.3, -0.25) is 0 Å². The van der Waals surface area contributed by atoms with Gasteiger partial charge in [0, 0.05) is 5.92 Å². The molecule has 3 rings (SSSR count). The van der Waals surface area contributed by atoms with Crippen molar-refractivity contribution >= 4 is 23.2 Å². The van der Waals surface area contributed by atoms with E-state index in [4.69, 9.17) is 27.9 Å². The number of rotatable bonds is 3. The monoisotopic (exact) mass is 286 g/mol. The first-order valence-electron chi connectivity index (χ1n) is 6.41. The lowest BCUT2D eigenvalue weighted by Gasteiger charge is -2.24. The van der Waals surface area contributed by atoms with E-state index in [-0.39, 0.29) is 18.1 Å². The highest BCUT2D eigenvalue weighted by Gasteiger charge is 2.43. The Morgan fingerprint density at radius 3 is 2.72 bits per heavy atom. The summed E-state index contributed by atoms with van der Waals surface area (Å²) in [5.74, 6) is 0.276. The Labute approximate surface area is 117 Å². The Hall–Kier alpha value is -0.280.